The molecule has 0 saturated carbocycles. The Labute approximate surface area is 176 Å². The molecule has 0 aliphatic heterocycles. The first-order valence-corrected chi connectivity index (χ1v) is 8.61. The molecule has 3 aromatic carbocycles. The van der Waals surface area contributed by atoms with Gasteiger partial charge in [0.2, 0.25) is 0 Å². The quantitative estimate of drug-likeness (QED) is 0.220. The molecule has 3 rings (SSSR count). The lowest BCUT2D eigenvalue weighted by molar-refractivity contribution is -0.139. The van der Waals surface area contributed by atoms with Crippen molar-refractivity contribution in [1.29, 1.82) is 0 Å². The number of nitrogens with two attached hydrogens (primary N) is 2. The van der Waals surface area contributed by atoms with E-state index in [1.165, 1.54) is 24.3 Å². The average molecular weight is 460 g/mol. The van der Waals surface area contributed by atoms with Gasteiger partial charge >= 0.3 is 12.4 Å². The monoisotopic (exact) mass is 460 g/mol. The Morgan fingerprint density at radius 3 is 1.31 bits per heavy atom. The van der Waals surface area contributed by atoms with Crippen molar-refractivity contribution < 1.29 is 46.0 Å². The SMILES string of the molecule is Nc1cc(Oc2cccc(Oc3cc(N)c(O)c(C(F)(F)F)c3)c2)cc(C(F)(F)F)c1O. The molecule has 0 unspecified atom stereocenters. The molecule has 0 aliphatic rings. The van der Waals surface area contributed by atoms with E-state index < -0.39 is 46.4 Å². The summed E-state index contributed by atoms with van der Waals surface area (Å²) < 4.78 is 88.9. The summed E-state index contributed by atoms with van der Waals surface area (Å²) in [5.74, 6) is -3.07. The van der Waals surface area contributed by atoms with Crippen LogP contribution in [0, 0.1) is 0 Å². The molecule has 170 valence electrons. The molecule has 3 aromatic rings. The number of phenolic OH excluding ortho intramolecular Hbond substituents is 2. The summed E-state index contributed by atoms with van der Waals surface area (Å²) in [6, 6.07) is 8.25. The second-order valence-electron chi connectivity index (χ2n) is 6.49. The van der Waals surface area contributed by atoms with E-state index >= 15 is 0 Å². The third kappa shape index (κ3) is 4.85. The molecule has 0 heterocycles. The summed E-state index contributed by atoms with van der Waals surface area (Å²) >= 11 is 0. The van der Waals surface area contributed by atoms with Crippen LogP contribution in [-0.2, 0) is 12.4 Å². The van der Waals surface area contributed by atoms with Crippen molar-refractivity contribution in [2.24, 2.45) is 0 Å². The zero-order chi connectivity index (χ0) is 23.8. The van der Waals surface area contributed by atoms with Crippen molar-refractivity contribution in [3.63, 3.8) is 0 Å². The van der Waals surface area contributed by atoms with Crippen molar-refractivity contribution in [2.75, 3.05) is 11.5 Å². The number of benzene rings is 3. The fraction of sp³-hybridized carbons (Fsp3) is 0.100. The van der Waals surface area contributed by atoms with Gasteiger partial charge in [-0.15, -0.1) is 0 Å². The third-order valence-electron chi connectivity index (χ3n) is 4.11. The largest absolute Gasteiger partial charge is 0.505 e. The second kappa shape index (κ2) is 7.94. The highest BCUT2D eigenvalue weighted by atomic mass is 19.4. The minimum Gasteiger partial charge on any atom is -0.505 e. The molecule has 0 saturated heterocycles. The van der Waals surface area contributed by atoms with Gasteiger partial charge < -0.3 is 31.2 Å². The first kappa shape index (κ1) is 22.7. The molecule has 0 amide bonds. The Balaban J connectivity index is 1.89. The normalized spacial score (nSPS) is 11.9. The van der Waals surface area contributed by atoms with Crippen LogP contribution in [0.1, 0.15) is 11.1 Å². The fourth-order valence-corrected chi connectivity index (χ4v) is 2.68. The number of halogens is 6. The second-order valence-corrected chi connectivity index (χ2v) is 6.49. The van der Waals surface area contributed by atoms with Gasteiger partial charge in [0.05, 0.1) is 11.4 Å². The Bertz CT molecular complexity index is 1080. The molecule has 0 radical (unpaired) electrons. The molecular formula is C20H14F6N2O4. The van der Waals surface area contributed by atoms with E-state index in [9.17, 15) is 36.6 Å². The van der Waals surface area contributed by atoms with E-state index in [0.717, 1.165) is 12.1 Å². The minimum absolute atomic E-state index is 0.0384. The number of hydrogen-bond acceptors (Lipinski definition) is 6. The van der Waals surface area contributed by atoms with Crippen molar-refractivity contribution >= 4 is 11.4 Å². The van der Waals surface area contributed by atoms with Gasteiger partial charge in [0.25, 0.3) is 0 Å². The maximum Gasteiger partial charge on any atom is 0.420 e. The summed E-state index contributed by atoms with van der Waals surface area (Å²) in [5.41, 5.74) is 6.86. The van der Waals surface area contributed by atoms with Crippen LogP contribution in [-0.4, -0.2) is 10.2 Å². The third-order valence-corrected chi connectivity index (χ3v) is 4.11. The predicted octanol–water partition coefficient (Wildman–Crippen LogP) is 5.88. The highest BCUT2D eigenvalue weighted by molar-refractivity contribution is 5.62. The molecule has 6 N–H and O–H groups in total. The van der Waals surface area contributed by atoms with Gasteiger partial charge in [-0.05, 0) is 24.3 Å². The van der Waals surface area contributed by atoms with E-state index in [-0.39, 0.29) is 23.0 Å². The molecular weight excluding hydrogens is 446 g/mol. The first-order chi connectivity index (χ1) is 14.8. The molecule has 6 nitrogen and oxygen atoms in total. The van der Waals surface area contributed by atoms with Gasteiger partial charge in [0.15, 0.2) is 11.5 Å². The van der Waals surface area contributed by atoms with Crippen LogP contribution in [0.4, 0.5) is 37.7 Å². The van der Waals surface area contributed by atoms with E-state index in [0.29, 0.717) is 12.1 Å². The van der Waals surface area contributed by atoms with Gasteiger partial charge in [0, 0.05) is 18.2 Å². The number of hydrogen-bond donors (Lipinski definition) is 4. The van der Waals surface area contributed by atoms with Crippen molar-refractivity contribution in [1.82, 2.24) is 0 Å². The van der Waals surface area contributed by atoms with Gasteiger partial charge in [-0.1, -0.05) is 6.07 Å². The van der Waals surface area contributed by atoms with E-state index in [1.54, 1.807) is 0 Å². The maximum absolute atomic E-state index is 13.0. The maximum atomic E-state index is 13.0. The van der Waals surface area contributed by atoms with Gasteiger partial charge in [0.1, 0.15) is 34.1 Å². The Hall–Kier alpha value is -3.96. The lowest BCUT2D eigenvalue weighted by Gasteiger charge is -2.15. The van der Waals surface area contributed by atoms with Crippen LogP contribution in [0.25, 0.3) is 0 Å². The number of rotatable bonds is 4. The van der Waals surface area contributed by atoms with E-state index in [1.807, 2.05) is 0 Å². The zero-order valence-electron chi connectivity index (χ0n) is 15.8. The van der Waals surface area contributed by atoms with E-state index in [4.69, 9.17) is 20.9 Å². The van der Waals surface area contributed by atoms with Gasteiger partial charge in [-0.3, -0.25) is 0 Å². The zero-order valence-corrected chi connectivity index (χ0v) is 15.8. The summed E-state index contributed by atoms with van der Waals surface area (Å²) in [5, 5.41) is 19.0. The molecule has 0 fully saturated rings. The smallest absolute Gasteiger partial charge is 0.420 e. The molecule has 0 bridgehead atoms. The number of aromatic hydroxyl groups is 2. The number of anilines is 2. The van der Waals surface area contributed by atoms with Crippen LogP contribution in [0.15, 0.2) is 48.5 Å². The Morgan fingerprint density at radius 1 is 0.594 bits per heavy atom. The van der Waals surface area contributed by atoms with Crippen LogP contribution < -0.4 is 20.9 Å². The van der Waals surface area contributed by atoms with Crippen LogP contribution in [0.2, 0.25) is 0 Å². The topological polar surface area (TPSA) is 111 Å². The Kier molecular flexibility index (Phi) is 5.64. The molecule has 12 heteroatoms. The average Bonchev–Trinajstić information content (AvgIpc) is 2.65. The number of alkyl halides is 6. The lowest BCUT2D eigenvalue weighted by atomic mass is 10.1. The number of phenols is 2. The van der Waals surface area contributed by atoms with Crippen LogP contribution in [0.5, 0.6) is 34.5 Å². The van der Waals surface area contributed by atoms with E-state index in [2.05, 4.69) is 0 Å². The standard InChI is InChI=1S/C20H14F6N2O4/c21-19(22,23)13-5-11(7-15(27)17(13)29)31-9-2-1-3-10(4-9)32-12-6-14(20(24,25)26)18(30)16(28)8-12/h1-8,29-30H,27-28H2. The Morgan fingerprint density at radius 2 is 0.969 bits per heavy atom. The molecule has 0 aliphatic carbocycles. The minimum atomic E-state index is -4.89. The summed E-state index contributed by atoms with van der Waals surface area (Å²) in [6.07, 6.45) is -9.78. The fourth-order valence-electron chi connectivity index (χ4n) is 2.68. The number of nitrogen functional groups attached to an aromatic ring is 2. The lowest BCUT2D eigenvalue weighted by Crippen LogP contribution is -2.07. The summed E-state index contributed by atoms with van der Waals surface area (Å²) in [4.78, 5) is 0. The van der Waals surface area contributed by atoms with Gasteiger partial charge in [-0.2, -0.15) is 26.3 Å². The van der Waals surface area contributed by atoms with Crippen molar-refractivity contribution in [2.45, 2.75) is 12.4 Å². The summed E-state index contributed by atoms with van der Waals surface area (Å²) in [7, 11) is 0. The highest BCUT2D eigenvalue weighted by Gasteiger charge is 2.36. The molecule has 0 spiro atoms. The van der Waals surface area contributed by atoms with Crippen molar-refractivity contribution in [3.8, 4) is 34.5 Å². The highest BCUT2D eigenvalue weighted by Crippen LogP contribution is 2.44. The number of ether oxygens (including phenoxy) is 2. The van der Waals surface area contributed by atoms with Crippen molar-refractivity contribution in [3.05, 3.63) is 59.7 Å². The summed E-state index contributed by atoms with van der Waals surface area (Å²) in [6.45, 7) is 0. The van der Waals surface area contributed by atoms with Crippen LogP contribution in [0.3, 0.4) is 0 Å². The molecule has 0 aromatic heterocycles. The molecule has 32 heavy (non-hydrogen) atoms. The van der Waals surface area contributed by atoms with Crippen LogP contribution >= 0.6 is 0 Å². The first-order valence-electron chi connectivity index (χ1n) is 8.61. The predicted molar refractivity (Wildman–Crippen MR) is 102 cm³/mol. The molecule has 0 atom stereocenters. The van der Waals surface area contributed by atoms with Gasteiger partial charge in [-0.25, -0.2) is 0 Å².